The first-order valence-electron chi connectivity index (χ1n) is 9.33. The largest absolute Gasteiger partial charge is 0.416 e. The fourth-order valence-electron chi connectivity index (χ4n) is 4.58. The molecule has 2 aliphatic carbocycles. The van der Waals surface area contributed by atoms with Crippen molar-refractivity contribution in [1.82, 2.24) is 0 Å². The minimum Gasteiger partial charge on any atom is -0.166 e. The lowest BCUT2D eigenvalue weighted by molar-refractivity contribution is -0.137. The number of alkyl halides is 3. The Hall–Kier alpha value is -1.65. The molecule has 0 spiro atoms. The first-order chi connectivity index (χ1) is 12.0. The Balaban J connectivity index is 1.63. The summed E-state index contributed by atoms with van der Waals surface area (Å²) in [6.45, 7) is 0. The van der Waals surface area contributed by atoms with E-state index in [4.69, 9.17) is 0 Å². The molecule has 4 rings (SSSR count). The Kier molecular flexibility index (Phi) is 4.20. The predicted octanol–water partition coefficient (Wildman–Crippen LogP) is 5.91. The molecule has 0 radical (unpaired) electrons. The van der Waals surface area contributed by atoms with E-state index in [1.165, 1.54) is 43.5 Å². The maximum Gasteiger partial charge on any atom is 0.416 e. The third-order valence-corrected chi connectivity index (χ3v) is 6.16. The molecule has 3 aliphatic rings. The van der Waals surface area contributed by atoms with Crippen molar-refractivity contribution in [2.45, 2.75) is 69.4 Å². The number of benzene rings is 1. The van der Waals surface area contributed by atoms with Gasteiger partial charge in [0.25, 0.3) is 0 Å². The quantitative estimate of drug-likeness (QED) is 0.635. The highest BCUT2D eigenvalue weighted by atomic mass is 19.4. The summed E-state index contributed by atoms with van der Waals surface area (Å²) in [5.41, 5.74) is 2.52. The first kappa shape index (κ1) is 16.8. The summed E-state index contributed by atoms with van der Waals surface area (Å²) in [6.07, 6.45) is 5.72. The number of hydrogen-bond acceptors (Lipinski definition) is 2. The number of nitrogens with zero attached hydrogens (tertiary/aromatic N) is 2. The number of hydrogen-bond donors (Lipinski definition) is 0. The Bertz CT molecular complexity index is 697. The predicted molar refractivity (Wildman–Crippen MR) is 93.0 cm³/mol. The second kappa shape index (κ2) is 6.26. The molecule has 1 aromatic carbocycles. The maximum absolute atomic E-state index is 12.9. The molecule has 134 valence electrons. The Morgan fingerprint density at radius 3 is 2.24 bits per heavy atom. The third kappa shape index (κ3) is 2.91. The summed E-state index contributed by atoms with van der Waals surface area (Å²) in [7, 11) is 0. The Labute approximate surface area is 146 Å². The normalized spacial score (nSPS) is 26.0. The van der Waals surface area contributed by atoms with E-state index in [0.29, 0.717) is 5.92 Å². The van der Waals surface area contributed by atoms with Crippen molar-refractivity contribution in [3.05, 3.63) is 35.4 Å². The lowest BCUT2D eigenvalue weighted by atomic mass is 9.58. The highest BCUT2D eigenvalue weighted by Crippen LogP contribution is 2.49. The summed E-state index contributed by atoms with van der Waals surface area (Å²) in [4.78, 5) is 0. The van der Waals surface area contributed by atoms with E-state index in [0.717, 1.165) is 43.4 Å². The van der Waals surface area contributed by atoms with Crippen molar-refractivity contribution in [2.75, 3.05) is 0 Å². The van der Waals surface area contributed by atoms with E-state index in [9.17, 15) is 13.2 Å². The van der Waals surface area contributed by atoms with Crippen LogP contribution in [0.1, 0.15) is 68.9 Å². The molecular formula is C20H23F3N2. The smallest absolute Gasteiger partial charge is 0.166 e. The number of fused-ring (bicyclic) bond motifs is 1. The molecule has 0 saturated heterocycles. The summed E-state index contributed by atoms with van der Waals surface area (Å²) in [6, 6.07) is 5.74. The van der Waals surface area contributed by atoms with Gasteiger partial charge in [0.05, 0.1) is 11.3 Å². The van der Waals surface area contributed by atoms with Crippen molar-refractivity contribution in [3.63, 3.8) is 0 Å². The van der Waals surface area contributed by atoms with E-state index in [2.05, 4.69) is 10.2 Å². The van der Waals surface area contributed by atoms with Crippen molar-refractivity contribution < 1.29 is 13.2 Å². The fourth-order valence-corrected chi connectivity index (χ4v) is 4.58. The summed E-state index contributed by atoms with van der Waals surface area (Å²) >= 11 is 0. The van der Waals surface area contributed by atoms with Crippen LogP contribution in [-0.2, 0) is 11.6 Å². The molecule has 1 heterocycles. The molecular weight excluding hydrogens is 325 g/mol. The summed E-state index contributed by atoms with van der Waals surface area (Å²) in [5, 5.41) is 9.08. The first-order valence-corrected chi connectivity index (χ1v) is 9.33. The topological polar surface area (TPSA) is 24.7 Å². The number of rotatable bonds is 2. The monoisotopic (exact) mass is 348 g/mol. The average molecular weight is 348 g/mol. The molecule has 1 unspecified atom stereocenters. The lowest BCUT2D eigenvalue weighted by Gasteiger charge is -2.44. The van der Waals surface area contributed by atoms with Gasteiger partial charge in [0.1, 0.15) is 0 Å². The van der Waals surface area contributed by atoms with Crippen molar-refractivity contribution in [3.8, 4) is 0 Å². The van der Waals surface area contributed by atoms with Crippen LogP contribution in [0.4, 0.5) is 13.2 Å². The molecule has 2 fully saturated rings. The van der Waals surface area contributed by atoms with E-state index in [1.54, 1.807) is 12.1 Å². The van der Waals surface area contributed by atoms with Crippen molar-refractivity contribution >= 4 is 11.4 Å². The van der Waals surface area contributed by atoms with Gasteiger partial charge in [-0.1, -0.05) is 37.8 Å². The van der Waals surface area contributed by atoms with Crippen LogP contribution >= 0.6 is 0 Å². The van der Waals surface area contributed by atoms with Crippen LogP contribution < -0.4 is 0 Å². The second-order valence-electron chi connectivity index (χ2n) is 7.59. The second-order valence-corrected chi connectivity index (χ2v) is 7.59. The minimum atomic E-state index is -4.29. The van der Waals surface area contributed by atoms with Crippen LogP contribution in [0, 0.1) is 5.92 Å². The van der Waals surface area contributed by atoms with Crippen LogP contribution in [0.5, 0.6) is 0 Å². The molecule has 2 nitrogen and oxygen atoms in total. The summed E-state index contributed by atoms with van der Waals surface area (Å²) < 4.78 is 38.6. The van der Waals surface area contributed by atoms with Gasteiger partial charge >= 0.3 is 6.18 Å². The Morgan fingerprint density at radius 1 is 0.880 bits per heavy atom. The fraction of sp³-hybridized carbons (Fsp3) is 0.600. The van der Waals surface area contributed by atoms with Gasteiger partial charge in [-0.05, 0) is 49.8 Å². The van der Waals surface area contributed by atoms with Gasteiger partial charge < -0.3 is 0 Å². The van der Waals surface area contributed by atoms with Gasteiger partial charge in [-0.25, -0.2) is 0 Å². The standard InChI is InChI=1S/C20H23F3N2/c21-20(22,23)15-10-8-14(9-11-15)19(12-5-13-19)18-16-6-3-1-2-4-7-17(16)24-25-18/h8-11,16H,1-7,12-13H2. The van der Waals surface area contributed by atoms with Crippen LogP contribution in [0.15, 0.2) is 34.5 Å². The van der Waals surface area contributed by atoms with Gasteiger partial charge in [0, 0.05) is 17.0 Å². The van der Waals surface area contributed by atoms with E-state index in [1.807, 2.05) is 0 Å². The van der Waals surface area contributed by atoms with Gasteiger partial charge in [-0.2, -0.15) is 23.4 Å². The van der Waals surface area contributed by atoms with Crippen LogP contribution in [-0.4, -0.2) is 11.4 Å². The zero-order valence-electron chi connectivity index (χ0n) is 14.3. The molecule has 25 heavy (non-hydrogen) atoms. The van der Waals surface area contributed by atoms with Crippen LogP contribution in [0.3, 0.4) is 0 Å². The number of halogens is 3. The zero-order chi connectivity index (χ0) is 17.5. The van der Waals surface area contributed by atoms with Gasteiger partial charge in [-0.3, -0.25) is 0 Å². The van der Waals surface area contributed by atoms with Crippen LogP contribution in [0.2, 0.25) is 0 Å². The molecule has 0 aromatic heterocycles. The van der Waals surface area contributed by atoms with Gasteiger partial charge in [-0.15, -0.1) is 0 Å². The third-order valence-electron chi connectivity index (χ3n) is 6.16. The highest BCUT2D eigenvalue weighted by molar-refractivity contribution is 6.14. The maximum atomic E-state index is 12.9. The molecule has 2 saturated carbocycles. The zero-order valence-corrected chi connectivity index (χ0v) is 14.3. The average Bonchev–Trinajstić information content (AvgIpc) is 2.88. The van der Waals surface area contributed by atoms with E-state index >= 15 is 0 Å². The molecule has 1 aromatic rings. The highest BCUT2D eigenvalue weighted by Gasteiger charge is 2.48. The Morgan fingerprint density at radius 2 is 1.60 bits per heavy atom. The molecule has 0 N–H and O–H groups in total. The van der Waals surface area contributed by atoms with Gasteiger partial charge in [0.15, 0.2) is 0 Å². The minimum absolute atomic E-state index is 0.195. The molecule has 1 aliphatic heterocycles. The molecule has 1 atom stereocenters. The van der Waals surface area contributed by atoms with E-state index in [-0.39, 0.29) is 5.41 Å². The van der Waals surface area contributed by atoms with Crippen molar-refractivity contribution in [1.29, 1.82) is 0 Å². The summed E-state index contributed by atoms with van der Waals surface area (Å²) in [5.74, 6) is 0.308. The van der Waals surface area contributed by atoms with E-state index < -0.39 is 11.7 Å². The van der Waals surface area contributed by atoms with Crippen LogP contribution in [0.25, 0.3) is 0 Å². The molecule has 0 bridgehead atoms. The molecule has 5 heteroatoms. The van der Waals surface area contributed by atoms with Crippen molar-refractivity contribution in [2.24, 2.45) is 16.1 Å². The molecule has 0 amide bonds. The van der Waals surface area contributed by atoms with Gasteiger partial charge in [0.2, 0.25) is 0 Å². The lowest BCUT2D eigenvalue weighted by Crippen LogP contribution is -2.46. The SMILES string of the molecule is FC(F)(F)c1ccc(C2(C3=NN=C4CCCCCCC43)CCC2)cc1.